The van der Waals surface area contributed by atoms with Crippen molar-refractivity contribution < 1.29 is 10.0 Å². The smallest absolute Gasteiger partial charge is 0.269 e. The van der Waals surface area contributed by atoms with Crippen LogP contribution in [0.2, 0.25) is 0 Å². The second-order valence-corrected chi connectivity index (χ2v) is 2.67. The van der Waals surface area contributed by atoms with Crippen LogP contribution in [0.15, 0.2) is 24.3 Å². The molecule has 1 aromatic rings. The Morgan fingerprint density at radius 2 is 1.64 bits per heavy atom. The Bertz CT molecular complexity index is 283. The molecule has 0 spiro atoms. The van der Waals surface area contributed by atoms with Gasteiger partial charge in [0, 0.05) is 39.0 Å². The minimum absolute atomic E-state index is 0.126. The van der Waals surface area contributed by atoms with E-state index >= 15 is 0 Å². The van der Waals surface area contributed by atoms with Gasteiger partial charge >= 0.3 is 0 Å². The van der Waals surface area contributed by atoms with Gasteiger partial charge in [0.25, 0.3) is 5.69 Å². The van der Waals surface area contributed by atoms with E-state index in [0.29, 0.717) is 0 Å². The standard InChI is InChI=1S/C8H10N2O2.CH4O/c1-9(2)7-3-5-8(6-4-7)10(11)12;1-2/h3-6H,1-2H3;2H,1H3. The zero-order valence-electron chi connectivity index (χ0n) is 8.47. The predicted octanol–water partition coefficient (Wildman–Crippen LogP) is 1.27. The van der Waals surface area contributed by atoms with Gasteiger partial charge in [-0.1, -0.05) is 0 Å². The van der Waals surface area contributed by atoms with Crippen molar-refractivity contribution in [3.05, 3.63) is 34.4 Å². The monoisotopic (exact) mass is 198 g/mol. The molecule has 0 aliphatic carbocycles. The first-order valence-corrected chi connectivity index (χ1v) is 3.98. The molecule has 0 aliphatic rings. The molecule has 78 valence electrons. The van der Waals surface area contributed by atoms with E-state index in [0.717, 1.165) is 12.8 Å². The van der Waals surface area contributed by atoms with E-state index in [1.165, 1.54) is 12.1 Å². The fourth-order valence-electron chi connectivity index (χ4n) is 0.872. The van der Waals surface area contributed by atoms with E-state index in [1.54, 1.807) is 12.1 Å². The Hall–Kier alpha value is -1.62. The van der Waals surface area contributed by atoms with Crippen LogP contribution < -0.4 is 4.90 Å². The molecule has 1 rings (SSSR count). The van der Waals surface area contributed by atoms with Gasteiger partial charge in [0.1, 0.15) is 0 Å². The fraction of sp³-hybridized carbons (Fsp3) is 0.333. The molecule has 0 radical (unpaired) electrons. The van der Waals surface area contributed by atoms with E-state index < -0.39 is 4.92 Å². The number of nitrogens with zero attached hydrogens (tertiary/aromatic N) is 2. The van der Waals surface area contributed by atoms with Gasteiger partial charge < -0.3 is 10.0 Å². The van der Waals surface area contributed by atoms with Crippen molar-refractivity contribution in [2.24, 2.45) is 0 Å². The molecule has 0 saturated heterocycles. The highest BCUT2D eigenvalue weighted by Gasteiger charge is 2.03. The number of hydrogen-bond donors (Lipinski definition) is 1. The van der Waals surface area contributed by atoms with Crippen molar-refractivity contribution >= 4 is 11.4 Å². The molecule has 0 amide bonds. The third kappa shape index (κ3) is 3.40. The zero-order chi connectivity index (χ0) is 11.1. The van der Waals surface area contributed by atoms with Gasteiger partial charge in [-0.25, -0.2) is 0 Å². The van der Waals surface area contributed by atoms with Gasteiger partial charge in [-0.15, -0.1) is 0 Å². The molecule has 14 heavy (non-hydrogen) atoms. The number of aliphatic hydroxyl groups is 1. The average molecular weight is 198 g/mol. The average Bonchev–Trinajstić information content (AvgIpc) is 2.21. The SMILES string of the molecule is CN(C)c1ccc([N+](=O)[O-])cc1.CO. The second-order valence-electron chi connectivity index (χ2n) is 2.67. The molecule has 0 heterocycles. The van der Waals surface area contributed by atoms with Crippen molar-refractivity contribution in [2.45, 2.75) is 0 Å². The molecule has 0 atom stereocenters. The molecule has 5 heteroatoms. The van der Waals surface area contributed by atoms with Gasteiger partial charge in [0.05, 0.1) is 4.92 Å². The third-order valence-corrected chi connectivity index (χ3v) is 1.58. The Labute approximate surface area is 82.7 Å². The lowest BCUT2D eigenvalue weighted by molar-refractivity contribution is -0.384. The van der Waals surface area contributed by atoms with Crippen molar-refractivity contribution in [3.8, 4) is 0 Å². The summed E-state index contributed by atoms with van der Waals surface area (Å²) >= 11 is 0. The summed E-state index contributed by atoms with van der Waals surface area (Å²) < 4.78 is 0. The summed E-state index contributed by atoms with van der Waals surface area (Å²) in [4.78, 5) is 11.8. The number of benzene rings is 1. The maximum Gasteiger partial charge on any atom is 0.269 e. The van der Waals surface area contributed by atoms with Gasteiger partial charge in [-0.05, 0) is 12.1 Å². The van der Waals surface area contributed by atoms with E-state index in [4.69, 9.17) is 5.11 Å². The highest BCUT2D eigenvalue weighted by molar-refractivity contribution is 5.49. The number of aliphatic hydroxyl groups excluding tert-OH is 1. The number of rotatable bonds is 2. The van der Waals surface area contributed by atoms with Gasteiger partial charge in [-0.2, -0.15) is 0 Å². The van der Waals surface area contributed by atoms with Crippen LogP contribution in [0.25, 0.3) is 0 Å². The summed E-state index contributed by atoms with van der Waals surface area (Å²) in [7, 11) is 4.78. The molecular weight excluding hydrogens is 184 g/mol. The molecule has 0 fully saturated rings. The Morgan fingerprint density at radius 3 is 1.93 bits per heavy atom. The van der Waals surface area contributed by atoms with Crippen molar-refractivity contribution in [2.75, 3.05) is 26.1 Å². The molecule has 0 bridgehead atoms. The number of hydrogen-bond acceptors (Lipinski definition) is 4. The van der Waals surface area contributed by atoms with Gasteiger partial charge in [-0.3, -0.25) is 10.1 Å². The molecule has 5 nitrogen and oxygen atoms in total. The zero-order valence-corrected chi connectivity index (χ0v) is 8.47. The molecule has 1 N–H and O–H groups in total. The van der Waals surface area contributed by atoms with E-state index in [9.17, 15) is 10.1 Å². The highest BCUT2D eigenvalue weighted by atomic mass is 16.6. The summed E-state index contributed by atoms with van der Waals surface area (Å²) in [6, 6.07) is 6.43. The lowest BCUT2D eigenvalue weighted by Crippen LogP contribution is -2.08. The maximum atomic E-state index is 10.3. The number of non-ortho nitro benzene ring substituents is 1. The molecule has 0 aliphatic heterocycles. The second kappa shape index (κ2) is 5.93. The topological polar surface area (TPSA) is 66.6 Å². The van der Waals surface area contributed by atoms with Crippen LogP contribution >= 0.6 is 0 Å². The van der Waals surface area contributed by atoms with Crippen LogP contribution in [-0.2, 0) is 0 Å². The number of nitro groups is 1. The van der Waals surface area contributed by atoms with E-state index in [1.807, 2.05) is 19.0 Å². The molecule has 0 aromatic heterocycles. The van der Waals surface area contributed by atoms with Crippen LogP contribution in [0.1, 0.15) is 0 Å². The summed E-state index contributed by atoms with van der Waals surface area (Å²) in [6.07, 6.45) is 0. The van der Waals surface area contributed by atoms with Crippen LogP contribution in [0.4, 0.5) is 11.4 Å². The summed E-state index contributed by atoms with van der Waals surface area (Å²) in [5.41, 5.74) is 1.08. The van der Waals surface area contributed by atoms with Crippen LogP contribution in [-0.4, -0.2) is 31.2 Å². The maximum absolute atomic E-state index is 10.3. The van der Waals surface area contributed by atoms with Crippen LogP contribution in [0, 0.1) is 10.1 Å². The quantitative estimate of drug-likeness (QED) is 0.574. The lowest BCUT2D eigenvalue weighted by atomic mass is 10.3. The fourth-order valence-corrected chi connectivity index (χ4v) is 0.872. The first kappa shape index (κ1) is 12.4. The summed E-state index contributed by atoms with van der Waals surface area (Å²) in [6.45, 7) is 0. The van der Waals surface area contributed by atoms with Gasteiger partial charge in [0.2, 0.25) is 0 Å². The minimum Gasteiger partial charge on any atom is -0.400 e. The Morgan fingerprint density at radius 1 is 1.21 bits per heavy atom. The van der Waals surface area contributed by atoms with Crippen LogP contribution in [0.5, 0.6) is 0 Å². The Balaban J connectivity index is 0.000000791. The van der Waals surface area contributed by atoms with E-state index in [2.05, 4.69) is 0 Å². The Kier molecular flexibility index (Phi) is 5.24. The lowest BCUT2D eigenvalue weighted by Gasteiger charge is -2.10. The van der Waals surface area contributed by atoms with Crippen molar-refractivity contribution in [1.29, 1.82) is 0 Å². The molecule has 0 unspecified atom stereocenters. The normalized spacial score (nSPS) is 8.57. The largest absolute Gasteiger partial charge is 0.400 e. The van der Waals surface area contributed by atoms with Crippen molar-refractivity contribution in [1.82, 2.24) is 0 Å². The van der Waals surface area contributed by atoms with Gasteiger partial charge in [0.15, 0.2) is 0 Å². The third-order valence-electron chi connectivity index (χ3n) is 1.58. The number of anilines is 1. The molecule has 0 saturated carbocycles. The minimum atomic E-state index is -0.403. The first-order valence-electron chi connectivity index (χ1n) is 3.98. The van der Waals surface area contributed by atoms with Crippen molar-refractivity contribution in [3.63, 3.8) is 0 Å². The molecule has 1 aromatic carbocycles. The predicted molar refractivity (Wildman–Crippen MR) is 55.6 cm³/mol. The van der Waals surface area contributed by atoms with E-state index in [-0.39, 0.29) is 5.69 Å². The first-order chi connectivity index (χ1) is 6.61. The highest BCUT2D eigenvalue weighted by Crippen LogP contribution is 2.16. The number of nitro benzene ring substituents is 1. The molecular formula is C9H14N2O3. The summed E-state index contributed by atoms with van der Waals surface area (Å²) in [5, 5.41) is 17.3. The van der Waals surface area contributed by atoms with Crippen LogP contribution in [0.3, 0.4) is 0 Å². The summed E-state index contributed by atoms with van der Waals surface area (Å²) in [5.74, 6) is 0.